The van der Waals surface area contributed by atoms with Crippen molar-refractivity contribution < 1.29 is 9.53 Å². The number of methoxy groups -OCH3 is 1. The largest absolute Gasteiger partial charge is 0.496 e. The maximum atomic E-state index is 11.7. The first kappa shape index (κ1) is 17.0. The summed E-state index contributed by atoms with van der Waals surface area (Å²) in [6, 6.07) is 5.97. The Kier molecular flexibility index (Phi) is 6.68. The second-order valence-corrected chi connectivity index (χ2v) is 5.23. The van der Waals surface area contributed by atoms with Crippen molar-refractivity contribution >= 4 is 29.3 Å². The van der Waals surface area contributed by atoms with Gasteiger partial charge in [0, 0.05) is 17.7 Å². The van der Waals surface area contributed by atoms with Crippen molar-refractivity contribution in [3.8, 4) is 5.75 Å². The van der Waals surface area contributed by atoms with Gasteiger partial charge in [0.25, 0.3) is 5.91 Å². The highest BCUT2D eigenvalue weighted by molar-refractivity contribution is 7.80. The number of ether oxygens (including phenoxy) is 1. The Morgan fingerprint density at radius 1 is 1.33 bits per heavy atom. The molecule has 0 aliphatic heterocycles. The Morgan fingerprint density at radius 3 is 2.67 bits per heavy atom. The third-order valence-corrected chi connectivity index (χ3v) is 2.74. The molecular formula is C15H21N3O2S. The van der Waals surface area contributed by atoms with Gasteiger partial charge in [-0.2, -0.15) is 0 Å². The van der Waals surface area contributed by atoms with Crippen LogP contribution in [-0.2, 0) is 4.79 Å². The molecule has 0 radical (unpaired) electrons. The van der Waals surface area contributed by atoms with Crippen molar-refractivity contribution in [2.24, 2.45) is 0 Å². The number of hydrazine groups is 1. The highest BCUT2D eigenvalue weighted by atomic mass is 32.1. The summed E-state index contributed by atoms with van der Waals surface area (Å²) < 4.78 is 5.25. The van der Waals surface area contributed by atoms with Gasteiger partial charge < -0.3 is 10.1 Å². The van der Waals surface area contributed by atoms with Crippen molar-refractivity contribution in [2.75, 3.05) is 7.11 Å². The van der Waals surface area contributed by atoms with Crippen molar-refractivity contribution in [3.63, 3.8) is 0 Å². The van der Waals surface area contributed by atoms with E-state index in [0.717, 1.165) is 16.9 Å². The van der Waals surface area contributed by atoms with E-state index in [4.69, 9.17) is 17.0 Å². The van der Waals surface area contributed by atoms with Crippen LogP contribution < -0.4 is 20.9 Å². The van der Waals surface area contributed by atoms with E-state index in [1.807, 2.05) is 39.0 Å². The number of rotatable bonds is 4. The Balaban J connectivity index is 2.58. The van der Waals surface area contributed by atoms with E-state index in [1.54, 1.807) is 13.2 Å². The molecule has 0 aromatic heterocycles. The lowest BCUT2D eigenvalue weighted by Gasteiger charge is -2.12. The third kappa shape index (κ3) is 6.27. The van der Waals surface area contributed by atoms with Crippen LogP contribution in [0, 0.1) is 6.92 Å². The molecule has 3 N–H and O–H groups in total. The standard InChI is InChI=1S/C15H21N3O2S/c1-10(2)16-15(21)18-17-14(19)8-6-12-9-11(3)5-7-13(12)20-4/h5-10H,1-4H3,(H,17,19)(H2,16,18,21)/b8-6+. The Bertz CT molecular complexity index is 542. The Hall–Kier alpha value is -2.08. The molecule has 0 spiro atoms. The average molecular weight is 307 g/mol. The number of hydrogen-bond acceptors (Lipinski definition) is 3. The maximum absolute atomic E-state index is 11.7. The van der Waals surface area contributed by atoms with Crippen LogP contribution in [0.25, 0.3) is 6.08 Å². The molecular weight excluding hydrogens is 286 g/mol. The highest BCUT2D eigenvalue weighted by Gasteiger charge is 2.02. The molecule has 1 rings (SSSR count). The number of aryl methyl sites for hydroxylation is 1. The van der Waals surface area contributed by atoms with Gasteiger partial charge in [0.2, 0.25) is 0 Å². The number of hydrogen-bond donors (Lipinski definition) is 3. The van der Waals surface area contributed by atoms with Crippen LogP contribution in [-0.4, -0.2) is 24.2 Å². The number of nitrogens with one attached hydrogen (secondary N) is 3. The lowest BCUT2D eigenvalue weighted by atomic mass is 10.1. The molecule has 114 valence electrons. The first-order valence-electron chi connectivity index (χ1n) is 6.61. The molecule has 0 saturated carbocycles. The van der Waals surface area contributed by atoms with Gasteiger partial charge in [0.1, 0.15) is 5.75 Å². The van der Waals surface area contributed by atoms with Gasteiger partial charge in [-0.15, -0.1) is 0 Å². The SMILES string of the molecule is COc1ccc(C)cc1/C=C/C(=O)NNC(=S)NC(C)C. The van der Waals surface area contributed by atoms with Gasteiger partial charge in [-0.05, 0) is 51.2 Å². The van der Waals surface area contributed by atoms with Gasteiger partial charge in [-0.25, -0.2) is 0 Å². The minimum atomic E-state index is -0.300. The van der Waals surface area contributed by atoms with Gasteiger partial charge in [0.05, 0.1) is 7.11 Å². The highest BCUT2D eigenvalue weighted by Crippen LogP contribution is 2.20. The zero-order valence-corrected chi connectivity index (χ0v) is 13.5. The van der Waals surface area contributed by atoms with E-state index in [0.29, 0.717) is 5.11 Å². The summed E-state index contributed by atoms with van der Waals surface area (Å²) in [6.45, 7) is 5.90. The molecule has 0 atom stereocenters. The predicted molar refractivity (Wildman–Crippen MR) is 88.9 cm³/mol. The van der Waals surface area contributed by atoms with E-state index in [-0.39, 0.29) is 11.9 Å². The number of carbonyl (C=O) groups excluding carboxylic acids is 1. The summed E-state index contributed by atoms with van der Waals surface area (Å²) in [4.78, 5) is 11.7. The zero-order valence-electron chi connectivity index (χ0n) is 12.7. The third-order valence-electron chi connectivity index (χ3n) is 2.52. The molecule has 1 amide bonds. The van der Waals surface area contributed by atoms with E-state index in [2.05, 4.69) is 16.2 Å². The van der Waals surface area contributed by atoms with E-state index >= 15 is 0 Å². The van der Waals surface area contributed by atoms with E-state index in [1.165, 1.54) is 6.08 Å². The molecule has 5 nitrogen and oxygen atoms in total. The van der Waals surface area contributed by atoms with E-state index < -0.39 is 0 Å². The summed E-state index contributed by atoms with van der Waals surface area (Å²) in [5, 5.41) is 3.33. The second kappa shape index (κ2) is 8.26. The smallest absolute Gasteiger partial charge is 0.262 e. The van der Waals surface area contributed by atoms with Crippen LogP contribution in [0.2, 0.25) is 0 Å². The van der Waals surface area contributed by atoms with Gasteiger partial charge >= 0.3 is 0 Å². The first-order valence-corrected chi connectivity index (χ1v) is 7.02. The number of carbonyl (C=O) groups is 1. The summed E-state index contributed by atoms with van der Waals surface area (Å²) in [5.74, 6) is 0.418. The number of amides is 1. The fourth-order valence-electron chi connectivity index (χ4n) is 1.61. The minimum absolute atomic E-state index is 0.203. The Labute approximate surface area is 130 Å². The molecule has 0 aliphatic carbocycles. The van der Waals surface area contributed by atoms with Crippen molar-refractivity contribution in [2.45, 2.75) is 26.8 Å². The molecule has 0 bridgehead atoms. The molecule has 0 aliphatic rings. The normalized spacial score (nSPS) is 10.5. The molecule has 0 saturated heterocycles. The van der Waals surface area contributed by atoms with Gasteiger partial charge in [0.15, 0.2) is 5.11 Å². The quantitative estimate of drug-likeness (QED) is 0.451. The number of thiocarbonyl (C=S) groups is 1. The monoisotopic (exact) mass is 307 g/mol. The van der Waals surface area contributed by atoms with Crippen LogP contribution in [0.5, 0.6) is 5.75 Å². The second-order valence-electron chi connectivity index (χ2n) is 4.82. The molecule has 1 aromatic rings. The van der Waals surface area contributed by atoms with Crippen LogP contribution in [0.3, 0.4) is 0 Å². The molecule has 21 heavy (non-hydrogen) atoms. The van der Waals surface area contributed by atoms with E-state index in [9.17, 15) is 4.79 Å². The van der Waals surface area contributed by atoms with Crippen LogP contribution >= 0.6 is 12.2 Å². The molecule has 0 heterocycles. The molecule has 0 fully saturated rings. The minimum Gasteiger partial charge on any atom is -0.496 e. The summed E-state index contributed by atoms with van der Waals surface area (Å²) >= 11 is 5.00. The first-order chi connectivity index (χ1) is 9.92. The van der Waals surface area contributed by atoms with Crippen LogP contribution in [0.4, 0.5) is 0 Å². The zero-order chi connectivity index (χ0) is 15.8. The van der Waals surface area contributed by atoms with Crippen molar-refractivity contribution in [3.05, 3.63) is 35.4 Å². The molecule has 6 heteroatoms. The molecule has 0 unspecified atom stereocenters. The summed E-state index contributed by atoms with van der Waals surface area (Å²) in [5.41, 5.74) is 7.06. The van der Waals surface area contributed by atoms with Crippen LogP contribution in [0.15, 0.2) is 24.3 Å². The number of benzene rings is 1. The fraction of sp³-hybridized carbons (Fsp3) is 0.333. The van der Waals surface area contributed by atoms with Crippen LogP contribution in [0.1, 0.15) is 25.0 Å². The lowest BCUT2D eigenvalue weighted by molar-refractivity contribution is -0.116. The lowest BCUT2D eigenvalue weighted by Crippen LogP contribution is -2.48. The summed E-state index contributed by atoms with van der Waals surface area (Å²) in [6.07, 6.45) is 3.12. The predicted octanol–water partition coefficient (Wildman–Crippen LogP) is 1.92. The van der Waals surface area contributed by atoms with Crippen molar-refractivity contribution in [1.82, 2.24) is 16.2 Å². The van der Waals surface area contributed by atoms with Gasteiger partial charge in [-0.3, -0.25) is 15.6 Å². The summed E-state index contributed by atoms with van der Waals surface area (Å²) in [7, 11) is 1.60. The maximum Gasteiger partial charge on any atom is 0.262 e. The van der Waals surface area contributed by atoms with Crippen molar-refractivity contribution in [1.29, 1.82) is 0 Å². The van der Waals surface area contributed by atoms with Gasteiger partial charge in [-0.1, -0.05) is 11.6 Å². The molecule has 1 aromatic carbocycles. The average Bonchev–Trinajstić information content (AvgIpc) is 2.42. The Morgan fingerprint density at radius 2 is 2.05 bits per heavy atom. The topological polar surface area (TPSA) is 62.4 Å². The fourth-order valence-corrected chi connectivity index (χ4v) is 1.89.